The van der Waals surface area contributed by atoms with Crippen molar-refractivity contribution in [2.24, 2.45) is 5.92 Å². The SMILES string of the molecule is Cc1cc2c(N(C)CC(C)C(=O)O)ncnc2s1. The van der Waals surface area contributed by atoms with Crippen LogP contribution >= 0.6 is 11.3 Å². The molecule has 0 amide bonds. The maximum Gasteiger partial charge on any atom is 0.308 e. The van der Waals surface area contributed by atoms with Crippen LogP contribution in [-0.4, -0.2) is 34.6 Å². The monoisotopic (exact) mass is 265 g/mol. The normalized spacial score (nSPS) is 12.6. The first-order valence-electron chi connectivity index (χ1n) is 5.64. The van der Waals surface area contributed by atoms with Gasteiger partial charge in [0, 0.05) is 18.5 Å². The molecule has 0 fully saturated rings. The molecule has 0 spiro atoms. The van der Waals surface area contributed by atoms with Crippen LogP contribution in [0.5, 0.6) is 0 Å². The molecule has 0 aromatic carbocycles. The van der Waals surface area contributed by atoms with Crippen molar-refractivity contribution in [3.63, 3.8) is 0 Å². The van der Waals surface area contributed by atoms with Gasteiger partial charge in [0.2, 0.25) is 0 Å². The number of aromatic nitrogens is 2. The minimum atomic E-state index is -0.798. The smallest absolute Gasteiger partial charge is 0.308 e. The van der Waals surface area contributed by atoms with Gasteiger partial charge < -0.3 is 10.0 Å². The number of carboxylic acids is 1. The number of aryl methyl sites for hydroxylation is 1. The zero-order valence-corrected chi connectivity index (χ0v) is 11.4. The van der Waals surface area contributed by atoms with E-state index in [2.05, 4.69) is 9.97 Å². The summed E-state index contributed by atoms with van der Waals surface area (Å²) in [7, 11) is 1.86. The second kappa shape index (κ2) is 4.89. The number of hydrogen-bond donors (Lipinski definition) is 1. The summed E-state index contributed by atoms with van der Waals surface area (Å²) in [5.74, 6) is -0.439. The van der Waals surface area contributed by atoms with E-state index in [4.69, 9.17) is 5.11 Å². The van der Waals surface area contributed by atoms with Gasteiger partial charge in [0.1, 0.15) is 17.0 Å². The van der Waals surface area contributed by atoms with Crippen molar-refractivity contribution in [3.8, 4) is 0 Å². The molecule has 0 aliphatic rings. The van der Waals surface area contributed by atoms with Crippen LogP contribution in [0.3, 0.4) is 0 Å². The third-order valence-corrected chi connectivity index (χ3v) is 3.72. The summed E-state index contributed by atoms with van der Waals surface area (Å²) in [6, 6.07) is 2.04. The van der Waals surface area contributed by atoms with Gasteiger partial charge in [-0.3, -0.25) is 4.79 Å². The second-order valence-corrected chi connectivity index (χ2v) is 5.63. The summed E-state index contributed by atoms with van der Waals surface area (Å²) in [6.07, 6.45) is 1.52. The van der Waals surface area contributed by atoms with E-state index >= 15 is 0 Å². The fraction of sp³-hybridized carbons (Fsp3) is 0.417. The second-order valence-electron chi connectivity index (χ2n) is 4.39. The molecule has 6 heteroatoms. The Morgan fingerprint density at radius 2 is 2.28 bits per heavy atom. The van der Waals surface area contributed by atoms with E-state index < -0.39 is 11.9 Å². The van der Waals surface area contributed by atoms with Gasteiger partial charge in [-0.15, -0.1) is 11.3 Å². The van der Waals surface area contributed by atoms with Gasteiger partial charge in [-0.2, -0.15) is 0 Å². The minimum absolute atomic E-state index is 0.427. The van der Waals surface area contributed by atoms with Crippen molar-refractivity contribution in [2.75, 3.05) is 18.5 Å². The molecular weight excluding hydrogens is 250 g/mol. The number of carboxylic acid groups (broad SMARTS) is 1. The van der Waals surface area contributed by atoms with Crippen LogP contribution in [0.4, 0.5) is 5.82 Å². The standard InChI is InChI=1S/C12H15N3O2S/c1-7(12(16)17)5-15(3)10-9-4-8(2)18-11(9)14-6-13-10/h4,6-7H,5H2,1-3H3,(H,16,17). The van der Waals surface area contributed by atoms with Crippen molar-refractivity contribution in [1.29, 1.82) is 0 Å². The number of aliphatic carboxylic acids is 1. The Balaban J connectivity index is 2.32. The zero-order valence-electron chi connectivity index (χ0n) is 10.5. The Morgan fingerprint density at radius 3 is 2.94 bits per heavy atom. The molecular formula is C12H15N3O2S. The van der Waals surface area contributed by atoms with E-state index in [1.54, 1.807) is 18.3 Å². The van der Waals surface area contributed by atoms with E-state index in [1.165, 1.54) is 11.2 Å². The highest BCUT2D eigenvalue weighted by Gasteiger charge is 2.17. The summed E-state index contributed by atoms with van der Waals surface area (Å²) in [4.78, 5) is 23.3. The average Bonchev–Trinajstić information content (AvgIpc) is 2.68. The molecule has 2 aromatic heterocycles. The molecule has 2 aromatic rings. The van der Waals surface area contributed by atoms with Crippen LogP contribution < -0.4 is 4.90 Å². The third-order valence-electron chi connectivity index (χ3n) is 2.76. The van der Waals surface area contributed by atoms with Crippen molar-refractivity contribution < 1.29 is 9.90 Å². The minimum Gasteiger partial charge on any atom is -0.481 e. The quantitative estimate of drug-likeness (QED) is 0.917. The molecule has 0 radical (unpaired) electrons. The zero-order chi connectivity index (χ0) is 13.3. The predicted molar refractivity (Wildman–Crippen MR) is 72.2 cm³/mol. The Hall–Kier alpha value is -1.69. The lowest BCUT2D eigenvalue weighted by molar-refractivity contribution is -0.140. The largest absolute Gasteiger partial charge is 0.481 e. The number of fused-ring (bicyclic) bond motifs is 1. The number of nitrogens with zero attached hydrogens (tertiary/aromatic N) is 3. The first-order chi connectivity index (χ1) is 8.49. The highest BCUT2D eigenvalue weighted by atomic mass is 32.1. The van der Waals surface area contributed by atoms with Gasteiger partial charge in [-0.1, -0.05) is 6.92 Å². The molecule has 18 heavy (non-hydrogen) atoms. The van der Waals surface area contributed by atoms with Crippen LogP contribution in [0.15, 0.2) is 12.4 Å². The highest BCUT2D eigenvalue weighted by molar-refractivity contribution is 7.18. The Kier molecular flexibility index (Phi) is 3.47. The van der Waals surface area contributed by atoms with Gasteiger partial charge in [-0.05, 0) is 13.0 Å². The van der Waals surface area contributed by atoms with E-state index in [0.717, 1.165) is 16.0 Å². The Bertz CT molecular complexity index is 582. The van der Waals surface area contributed by atoms with Gasteiger partial charge in [0.15, 0.2) is 0 Å². The lowest BCUT2D eigenvalue weighted by Crippen LogP contribution is -2.29. The molecule has 5 nitrogen and oxygen atoms in total. The number of thiophene rings is 1. The summed E-state index contributed by atoms with van der Waals surface area (Å²) >= 11 is 1.61. The highest BCUT2D eigenvalue weighted by Crippen LogP contribution is 2.29. The van der Waals surface area contributed by atoms with E-state index in [-0.39, 0.29) is 0 Å². The molecule has 0 aliphatic heterocycles. The molecule has 0 aliphatic carbocycles. The van der Waals surface area contributed by atoms with Crippen molar-refractivity contribution >= 4 is 33.3 Å². The van der Waals surface area contributed by atoms with Crippen molar-refractivity contribution in [2.45, 2.75) is 13.8 Å². The maximum absolute atomic E-state index is 10.9. The molecule has 0 saturated carbocycles. The molecule has 0 bridgehead atoms. The lowest BCUT2D eigenvalue weighted by Gasteiger charge is -2.20. The first kappa shape index (κ1) is 12.8. The first-order valence-corrected chi connectivity index (χ1v) is 6.45. The summed E-state index contributed by atoms with van der Waals surface area (Å²) in [5, 5.41) is 9.92. The van der Waals surface area contributed by atoms with Gasteiger partial charge in [0.25, 0.3) is 0 Å². The van der Waals surface area contributed by atoms with Crippen LogP contribution in [0.2, 0.25) is 0 Å². The fourth-order valence-corrected chi connectivity index (χ4v) is 2.68. The lowest BCUT2D eigenvalue weighted by atomic mass is 10.2. The molecule has 2 rings (SSSR count). The summed E-state index contributed by atoms with van der Waals surface area (Å²) in [5.41, 5.74) is 0. The van der Waals surface area contributed by atoms with Crippen LogP contribution in [0, 0.1) is 12.8 Å². The molecule has 1 unspecified atom stereocenters. The van der Waals surface area contributed by atoms with Gasteiger partial charge >= 0.3 is 5.97 Å². The molecule has 1 atom stereocenters. The fourth-order valence-electron chi connectivity index (χ4n) is 1.84. The predicted octanol–water partition coefficient (Wildman–Crippen LogP) is 2.16. The number of anilines is 1. The van der Waals surface area contributed by atoms with Gasteiger partial charge in [-0.25, -0.2) is 9.97 Å². The van der Waals surface area contributed by atoms with Crippen molar-refractivity contribution in [3.05, 3.63) is 17.3 Å². The maximum atomic E-state index is 10.9. The molecule has 2 heterocycles. The van der Waals surface area contributed by atoms with Crippen molar-refractivity contribution in [1.82, 2.24) is 9.97 Å². The Labute approximate surface area is 109 Å². The molecule has 1 N–H and O–H groups in total. The van der Waals surface area contributed by atoms with E-state index in [9.17, 15) is 4.79 Å². The summed E-state index contributed by atoms with van der Waals surface area (Å²) < 4.78 is 0. The average molecular weight is 265 g/mol. The topological polar surface area (TPSA) is 66.3 Å². The van der Waals surface area contributed by atoms with Crippen LogP contribution in [-0.2, 0) is 4.79 Å². The summed E-state index contributed by atoms with van der Waals surface area (Å²) in [6.45, 7) is 4.14. The number of rotatable bonds is 4. The Morgan fingerprint density at radius 1 is 1.56 bits per heavy atom. The third kappa shape index (κ3) is 2.43. The van der Waals surface area contributed by atoms with E-state index in [1.807, 2.05) is 24.9 Å². The van der Waals surface area contributed by atoms with Crippen LogP contribution in [0.25, 0.3) is 10.2 Å². The van der Waals surface area contributed by atoms with E-state index in [0.29, 0.717) is 6.54 Å². The molecule has 0 saturated heterocycles. The molecule has 96 valence electrons. The number of carbonyl (C=O) groups is 1. The van der Waals surface area contributed by atoms with Gasteiger partial charge in [0.05, 0.1) is 11.3 Å². The number of hydrogen-bond acceptors (Lipinski definition) is 5. The van der Waals surface area contributed by atoms with Crippen LogP contribution in [0.1, 0.15) is 11.8 Å².